The lowest BCUT2D eigenvalue weighted by Crippen LogP contribution is -2.54. The molecule has 0 aliphatic carbocycles. The molecule has 0 unspecified atom stereocenters. The van der Waals surface area contributed by atoms with Crippen molar-refractivity contribution >= 4 is 5.91 Å². The Hall–Kier alpha value is -2.21. The third kappa shape index (κ3) is 2.84. The molecule has 2 aliphatic rings. The van der Waals surface area contributed by atoms with Gasteiger partial charge in [0.25, 0.3) is 5.91 Å². The molecule has 0 bridgehead atoms. The number of piperidine rings is 1. The first-order chi connectivity index (χ1) is 12.1. The van der Waals surface area contributed by atoms with Crippen LogP contribution in [-0.2, 0) is 12.0 Å². The van der Waals surface area contributed by atoms with E-state index < -0.39 is 0 Å². The highest BCUT2D eigenvalue weighted by atomic mass is 16.2. The highest BCUT2D eigenvalue weighted by Gasteiger charge is 2.43. The maximum Gasteiger partial charge on any atom is 0.291 e. The molecule has 1 fully saturated rings. The van der Waals surface area contributed by atoms with Crippen LogP contribution in [0.4, 0.5) is 0 Å². The lowest BCUT2D eigenvalue weighted by molar-refractivity contribution is 0.0547. The average molecular weight is 339 g/mol. The second kappa shape index (κ2) is 6.26. The van der Waals surface area contributed by atoms with E-state index in [4.69, 9.17) is 0 Å². The van der Waals surface area contributed by atoms with Crippen LogP contribution in [-0.4, -0.2) is 56.6 Å². The van der Waals surface area contributed by atoms with Gasteiger partial charge < -0.3 is 4.90 Å². The summed E-state index contributed by atoms with van der Waals surface area (Å²) in [7, 11) is 0. The zero-order valence-corrected chi connectivity index (χ0v) is 14.9. The Morgan fingerprint density at radius 1 is 1.24 bits per heavy atom. The standard InChI is InChI=1S/C19H25N5O/c1-14(2)24-11-15-5-3-4-6-16(15)19(12-24)7-9-23(10-8-19)18(25)17-20-13-21-22-17/h3-6,13-14H,7-12H2,1-2H3,(H,20,21,22). The average Bonchev–Trinajstić information content (AvgIpc) is 3.16. The van der Waals surface area contributed by atoms with Crippen molar-refractivity contribution in [3.05, 3.63) is 47.5 Å². The summed E-state index contributed by atoms with van der Waals surface area (Å²) in [5, 5.41) is 6.47. The second-order valence-electron chi connectivity index (χ2n) is 7.56. The number of benzene rings is 1. The first-order valence-electron chi connectivity index (χ1n) is 9.06. The molecular formula is C19H25N5O. The molecule has 0 saturated carbocycles. The molecular weight excluding hydrogens is 314 g/mol. The van der Waals surface area contributed by atoms with Gasteiger partial charge in [-0.15, -0.1) is 0 Å². The van der Waals surface area contributed by atoms with Gasteiger partial charge in [-0.05, 0) is 37.8 Å². The zero-order chi connectivity index (χ0) is 17.4. The van der Waals surface area contributed by atoms with Gasteiger partial charge in [-0.25, -0.2) is 4.98 Å². The predicted molar refractivity (Wildman–Crippen MR) is 95.2 cm³/mol. The highest BCUT2D eigenvalue weighted by Crippen LogP contribution is 2.42. The summed E-state index contributed by atoms with van der Waals surface area (Å²) in [4.78, 5) is 21.0. The van der Waals surface area contributed by atoms with Crippen LogP contribution in [0.25, 0.3) is 0 Å². The Labute approximate surface area is 148 Å². The topological polar surface area (TPSA) is 65.1 Å². The van der Waals surface area contributed by atoms with Crippen molar-refractivity contribution < 1.29 is 4.79 Å². The van der Waals surface area contributed by atoms with Crippen molar-refractivity contribution in [1.82, 2.24) is 25.0 Å². The SMILES string of the molecule is CC(C)N1Cc2ccccc2C2(CCN(C(=O)c3ncn[nH]3)CC2)C1. The summed E-state index contributed by atoms with van der Waals surface area (Å²) < 4.78 is 0. The van der Waals surface area contributed by atoms with E-state index in [0.29, 0.717) is 11.9 Å². The molecule has 0 atom stereocenters. The summed E-state index contributed by atoms with van der Waals surface area (Å²) >= 11 is 0. The number of amides is 1. The number of fused-ring (bicyclic) bond motifs is 2. The van der Waals surface area contributed by atoms with Crippen LogP contribution in [0.3, 0.4) is 0 Å². The summed E-state index contributed by atoms with van der Waals surface area (Å²) in [5.74, 6) is 0.293. The molecule has 2 aromatic rings. The van der Waals surface area contributed by atoms with Crippen LogP contribution in [0.5, 0.6) is 0 Å². The van der Waals surface area contributed by atoms with Crippen molar-refractivity contribution in [1.29, 1.82) is 0 Å². The van der Waals surface area contributed by atoms with Crippen molar-refractivity contribution in [3.8, 4) is 0 Å². The van der Waals surface area contributed by atoms with Crippen molar-refractivity contribution in [2.75, 3.05) is 19.6 Å². The number of carbonyl (C=O) groups excluding carboxylic acids is 1. The van der Waals surface area contributed by atoms with E-state index in [-0.39, 0.29) is 11.3 Å². The van der Waals surface area contributed by atoms with E-state index in [1.807, 2.05) is 4.90 Å². The lowest BCUT2D eigenvalue weighted by Gasteiger charge is -2.49. The molecule has 1 aromatic carbocycles. The quantitative estimate of drug-likeness (QED) is 0.911. The number of carbonyl (C=O) groups is 1. The summed E-state index contributed by atoms with van der Waals surface area (Å²) in [6.45, 7) is 8.16. The van der Waals surface area contributed by atoms with Crippen LogP contribution in [0.2, 0.25) is 0 Å². The summed E-state index contributed by atoms with van der Waals surface area (Å²) in [6.07, 6.45) is 3.37. The fourth-order valence-corrected chi connectivity index (χ4v) is 4.31. The van der Waals surface area contributed by atoms with Crippen LogP contribution < -0.4 is 0 Å². The van der Waals surface area contributed by atoms with Crippen LogP contribution in [0.1, 0.15) is 48.4 Å². The van der Waals surface area contributed by atoms with Gasteiger partial charge in [0.2, 0.25) is 5.82 Å². The number of aromatic amines is 1. The van der Waals surface area contributed by atoms with E-state index in [0.717, 1.165) is 39.0 Å². The van der Waals surface area contributed by atoms with Gasteiger partial charge in [0.15, 0.2) is 0 Å². The van der Waals surface area contributed by atoms with E-state index in [1.165, 1.54) is 17.5 Å². The Kier molecular flexibility index (Phi) is 4.07. The number of nitrogens with one attached hydrogen (secondary N) is 1. The van der Waals surface area contributed by atoms with Gasteiger partial charge in [-0.1, -0.05) is 24.3 Å². The van der Waals surface area contributed by atoms with Crippen LogP contribution in [0.15, 0.2) is 30.6 Å². The number of aromatic nitrogens is 3. The molecule has 1 spiro atoms. The molecule has 4 rings (SSSR count). The third-order valence-corrected chi connectivity index (χ3v) is 5.82. The number of nitrogens with zero attached hydrogens (tertiary/aromatic N) is 4. The highest BCUT2D eigenvalue weighted by molar-refractivity contribution is 5.90. The smallest absolute Gasteiger partial charge is 0.291 e. The minimum absolute atomic E-state index is 0.0443. The minimum atomic E-state index is -0.0443. The predicted octanol–water partition coefficient (Wildman–Crippen LogP) is 2.20. The van der Waals surface area contributed by atoms with Gasteiger partial charge >= 0.3 is 0 Å². The Balaban J connectivity index is 1.57. The molecule has 2 aliphatic heterocycles. The van der Waals surface area contributed by atoms with Crippen molar-refractivity contribution in [2.45, 2.75) is 44.7 Å². The normalized spacial score (nSPS) is 20.0. The number of likely N-dealkylation sites (tertiary alicyclic amines) is 1. The first-order valence-corrected chi connectivity index (χ1v) is 9.06. The largest absolute Gasteiger partial charge is 0.336 e. The lowest BCUT2D eigenvalue weighted by atomic mass is 9.68. The Bertz CT molecular complexity index is 747. The molecule has 3 heterocycles. The molecule has 6 nitrogen and oxygen atoms in total. The fourth-order valence-electron chi connectivity index (χ4n) is 4.31. The molecule has 25 heavy (non-hydrogen) atoms. The van der Waals surface area contributed by atoms with E-state index in [1.54, 1.807) is 0 Å². The molecule has 0 radical (unpaired) electrons. The minimum Gasteiger partial charge on any atom is -0.336 e. The second-order valence-corrected chi connectivity index (χ2v) is 7.56. The monoisotopic (exact) mass is 339 g/mol. The molecule has 132 valence electrons. The number of rotatable bonds is 2. The zero-order valence-electron chi connectivity index (χ0n) is 14.9. The molecule has 1 N–H and O–H groups in total. The van der Waals surface area contributed by atoms with E-state index >= 15 is 0 Å². The third-order valence-electron chi connectivity index (χ3n) is 5.82. The number of H-pyrrole nitrogens is 1. The van der Waals surface area contributed by atoms with Gasteiger partial charge in [-0.2, -0.15) is 5.10 Å². The maximum atomic E-state index is 12.5. The molecule has 1 saturated heterocycles. The van der Waals surface area contributed by atoms with E-state index in [9.17, 15) is 4.79 Å². The van der Waals surface area contributed by atoms with Gasteiger partial charge in [0.1, 0.15) is 6.33 Å². The van der Waals surface area contributed by atoms with Gasteiger partial charge in [0.05, 0.1) is 0 Å². The van der Waals surface area contributed by atoms with Crippen LogP contribution in [0, 0.1) is 0 Å². The fraction of sp³-hybridized carbons (Fsp3) is 0.526. The van der Waals surface area contributed by atoms with Crippen molar-refractivity contribution in [3.63, 3.8) is 0 Å². The van der Waals surface area contributed by atoms with Gasteiger partial charge in [-0.3, -0.25) is 14.8 Å². The summed E-state index contributed by atoms with van der Waals surface area (Å²) in [5.41, 5.74) is 3.08. The summed E-state index contributed by atoms with van der Waals surface area (Å²) in [6, 6.07) is 9.37. The Morgan fingerprint density at radius 3 is 2.68 bits per heavy atom. The molecule has 1 amide bonds. The maximum absolute atomic E-state index is 12.5. The molecule has 1 aromatic heterocycles. The Morgan fingerprint density at radius 2 is 2.00 bits per heavy atom. The molecule has 6 heteroatoms. The van der Waals surface area contributed by atoms with Gasteiger partial charge in [0, 0.05) is 37.6 Å². The number of hydrogen-bond donors (Lipinski definition) is 1. The van der Waals surface area contributed by atoms with Crippen molar-refractivity contribution in [2.24, 2.45) is 0 Å². The first kappa shape index (κ1) is 16.3. The number of hydrogen-bond acceptors (Lipinski definition) is 4. The van der Waals surface area contributed by atoms with Crippen LogP contribution >= 0.6 is 0 Å². The van der Waals surface area contributed by atoms with E-state index in [2.05, 4.69) is 58.2 Å².